The molecule has 0 saturated carbocycles. The Kier molecular flexibility index (Phi) is 6.04. The number of hydrogen-bond acceptors (Lipinski definition) is 4. The first-order chi connectivity index (χ1) is 13.1. The topological polar surface area (TPSA) is 60.7 Å². The van der Waals surface area contributed by atoms with Crippen molar-refractivity contribution in [2.24, 2.45) is 0 Å². The van der Waals surface area contributed by atoms with Gasteiger partial charge < -0.3 is 19.2 Å². The molecule has 0 aliphatic carbocycles. The minimum absolute atomic E-state index is 0.0138. The number of furan rings is 1. The van der Waals surface area contributed by atoms with Crippen molar-refractivity contribution in [3.8, 4) is 11.5 Å². The van der Waals surface area contributed by atoms with E-state index >= 15 is 0 Å². The maximum Gasteiger partial charge on any atom is 0.387 e. The second-order valence-electron chi connectivity index (χ2n) is 5.55. The highest BCUT2D eigenvalue weighted by Gasteiger charge is 2.17. The molecule has 0 aliphatic heterocycles. The molecule has 0 radical (unpaired) electrons. The third-order valence-corrected chi connectivity index (χ3v) is 3.72. The molecule has 0 aliphatic rings. The number of nitrogens with one attached hydrogen (secondary N) is 1. The van der Waals surface area contributed by atoms with Crippen molar-refractivity contribution in [2.45, 2.75) is 19.8 Å². The first-order valence-corrected chi connectivity index (χ1v) is 8.18. The van der Waals surface area contributed by atoms with Crippen molar-refractivity contribution in [3.05, 3.63) is 83.8 Å². The zero-order valence-corrected chi connectivity index (χ0v) is 14.2. The van der Waals surface area contributed by atoms with E-state index in [1.54, 1.807) is 36.4 Å². The SMILES string of the molecule is O=C(NCc1ccccc1OC(F)F)c1occc1COc1ccccc1. The van der Waals surface area contributed by atoms with Crippen LogP contribution in [0.2, 0.25) is 0 Å². The van der Waals surface area contributed by atoms with Gasteiger partial charge in [0.25, 0.3) is 5.91 Å². The van der Waals surface area contributed by atoms with Gasteiger partial charge in [0.1, 0.15) is 18.1 Å². The van der Waals surface area contributed by atoms with E-state index in [2.05, 4.69) is 10.1 Å². The summed E-state index contributed by atoms with van der Waals surface area (Å²) in [5, 5.41) is 2.64. The average molecular weight is 373 g/mol. The van der Waals surface area contributed by atoms with Crippen LogP contribution in [-0.2, 0) is 13.2 Å². The van der Waals surface area contributed by atoms with Crippen molar-refractivity contribution >= 4 is 5.91 Å². The Hall–Kier alpha value is -3.35. The highest BCUT2D eigenvalue weighted by molar-refractivity contribution is 5.92. The lowest BCUT2D eigenvalue weighted by atomic mass is 10.2. The molecule has 1 amide bonds. The predicted molar refractivity (Wildman–Crippen MR) is 93.7 cm³/mol. The van der Waals surface area contributed by atoms with Crippen LogP contribution in [0.25, 0.3) is 0 Å². The predicted octanol–water partition coefficient (Wildman–Crippen LogP) is 4.39. The number of carbonyl (C=O) groups is 1. The van der Waals surface area contributed by atoms with Gasteiger partial charge in [0, 0.05) is 17.7 Å². The Morgan fingerprint density at radius 2 is 1.74 bits per heavy atom. The third-order valence-electron chi connectivity index (χ3n) is 3.72. The van der Waals surface area contributed by atoms with Gasteiger partial charge in [0.15, 0.2) is 5.76 Å². The minimum atomic E-state index is -2.94. The van der Waals surface area contributed by atoms with Gasteiger partial charge in [-0.15, -0.1) is 0 Å². The van der Waals surface area contributed by atoms with Gasteiger partial charge >= 0.3 is 6.61 Å². The number of benzene rings is 2. The number of carbonyl (C=O) groups excluding carboxylic acids is 1. The number of para-hydroxylation sites is 2. The Morgan fingerprint density at radius 3 is 2.52 bits per heavy atom. The summed E-state index contributed by atoms with van der Waals surface area (Å²) in [4.78, 5) is 12.4. The molecule has 1 aromatic heterocycles. The molecule has 1 heterocycles. The summed E-state index contributed by atoms with van der Waals surface area (Å²) >= 11 is 0. The summed E-state index contributed by atoms with van der Waals surface area (Å²) in [6.45, 7) is -2.76. The van der Waals surface area contributed by atoms with Gasteiger partial charge in [-0.1, -0.05) is 36.4 Å². The summed E-state index contributed by atoms with van der Waals surface area (Å²) in [5.74, 6) is 0.319. The summed E-state index contributed by atoms with van der Waals surface area (Å²) in [7, 11) is 0. The van der Waals surface area contributed by atoms with Crippen molar-refractivity contribution in [1.82, 2.24) is 5.32 Å². The smallest absolute Gasteiger partial charge is 0.387 e. The van der Waals surface area contributed by atoms with Crippen molar-refractivity contribution in [1.29, 1.82) is 0 Å². The van der Waals surface area contributed by atoms with E-state index < -0.39 is 12.5 Å². The number of amides is 1. The van der Waals surface area contributed by atoms with E-state index in [0.717, 1.165) is 0 Å². The van der Waals surface area contributed by atoms with E-state index in [0.29, 0.717) is 16.9 Å². The first-order valence-electron chi connectivity index (χ1n) is 8.18. The van der Waals surface area contributed by atoms with E-state index in [-0.39, 0.29) is 24.7 Å². The molecular weight excluding hydrogens is 356 g/mol. The largest absolute Gasteiger partial charge is 0.489 e. The Morgan fingerprint density at radius 1 is 1.00 bits per heavy atom. The van der Waals surface area contributed by atoms with E-state index in [4.69, 9.17) is 9.15 Å². The molecule has 27 heavy (non-hydrogen) atoms. The van der Waals surface area contributed by atoms with Crippen molar-refractivity contribution in [3.63, 3.8) is 0 Å². The molecule has 3 aromatic rings. The van der Waals surface area contributed by atoms with Gasteiger partial charge in [-0.3, -0.25) is 4.79 Å². The summed E-state index contributed by atoms with van der Waals surface area (Å²) in [6, 6.07) is 17.1. The van der Waals surface area contributed by atoms with E-state index in [9.17, 15) is 13.6 Å². The lowest BCUT2D eigenvalue weighted by molar-refractivity contribution is -0.0504. The van der Waals surface area contributed by atoms with Crippen LogP contribution in [0.4, 0.5) is 8.78 Å². The Labute approximate surface area is 154 Å². The first kappa shape index (κ1) is 18.4. The van der Waals surface area contributed by atoms with E-state index in [1.807, 2.05) is 18.2 Å². The quantitative estimate of drug-likeness (QED) is 0.636. The molecule has 5 nitrogen and oxygen atoms in total. The number of ether oxygens (including phenoxy) is 2. The van der Waals surface area contributed by atoms with Crippen molar-refractivity contribution in [2.75, 3.05) is 0 Å². The fourth-order valence-corrected chi connectivity index (χ4v) is 2.44. The maximum absolute atomic E-state index is 12.5. The molecule has 0 bridgehead atoms. The molecule has 0 unspecified atom stereocenters. The van der Waals surface area contributed by atoms with Crippen LogP contribution in [0.1, 0.15) is 21.7 Å². The molecule has 140 valence electrons. The van der Waals surface area contributed by atoms with Gasteiger partial charge in [-0.2, -0.15) is 8.78 Å². The molecule has 2 aromatic carbocycles. The summed E-state index contributed by atoms with van der Waals surface area (Å²) < 4.78 is 40.3. The number of rotatable bonds is 8. The molecule has 0 saturated heterocycles. The highest BCUT2D eigenvalue weighted by Crippen LogP contribution is 2.21. The Bertz CT molecular complexity index is 880. The number of halogens is 2. The standard InChI is InChI=1S/C20H17F2NO4/c21-20(22)27-17-9-5-4-6-14(17)12-23-19(24)18-15(10-11-25-18)13-26-16-7-2-1-3-8-16/h1-11,20H,12-13H2,(H,23,24). The van der Waals surface area contributed by atoms with Crippen LogP contribution in [-0.4, -0.2) is 12.5 Å². The van der Waals surface area contributed by atoms with Crippen LogP contribution >= 0.6 is 0 Å². The molecule has 7 heteroatoms. The number of hydrogen-bond donors (Lipinski definition) is 1. The lowest BCUT2D eigenvalue weighted by Gasteiger charge is -2.11. The fraction of sp³-hybridized carbons (Fsp3) is 0.150. The molecular formula is C20H17F2NO4. The zero-order valence-electron chi connectivity index (χ0n) is 14.2. The summed E-state index contributed by atoms with van der Waals surface area (Å²) in [6.07, 6.45) is 1.40. The minimum Gasteiger partial charge on any atom is -0.489 e. The second-order valence-corrected chi connectivity index (χ2v) is 5.55. The van der Waals surface area contributed by atoms with Crippen LogP contribution in [0.15, 0.2) is 71.3 Å². The Balaban J connectivity index is 1.62. The monoisotopic (exact) mass is 373 g/mol. The van der Waals surface area contributed by atoms with Crippen molar-refractivity contribution < 1.29 is 27.5 Å². The molecule has 1 N–H and O–H groups in total. The number of alkyl halides is 2. The normalized spacial score (nSPS) is 10.6. The fourth-order valence-electron chi connectivity index (χ4n) is 2.44. The van der Waals surface area contributed by atoms with Crippen LogP contribution < -0.4 is 14.8 Å². The molecule has 0 atom stereocenters. The molecule has 0 spiro atoms. The zero-order chi connectivity index (χ0) is 19.1. The maximum atomic E-state index is 12.5. The van der Waals surface area contributed by atoms with Gasteiger partial charge in [-0.25, -0.2) is 0 Å². The highest BCUT2D eigenvalue weighted by atomic mass is 19.3. The third kappa shape index (κ3) is 5.07. The van der Waals surface area contributed by atoms with Crippen LogP contribution in [0.3, 0.4) is 0 Å². The molecule has 0 fully saturated rings. The van der Waals surface area contributed by atoms with E-state index in [1.165, 1.54) is 12.3 Å². The average Bonchev–Trinajstić information content (AvgIpc) is 3.14. The lowest BCUT2D eigenvalue weighted by Crippen LogP contribution is -2.24. The van der Waals surface area contributed by atoms with Gasteiger partial charge in [0.05, 0.1) is 6.26 Å². The molecule has 3 rings (SSSR count). The van der Waals surface area contributed by atoms with Crippen LogP contribution in [0.5, 0.6) is 11.5 Å². The van der Waals surface area contributed by atoms with Gasteiger partial charge in [-0.05, 0) is 24.3 Å². The van der Waals surface area contributed by atoms with Crippen LogP contribution in [0, 0.1) is 0 Å². The summed E-state index contributed by atoms with van der Waals surface area (Å²) in [5.41, 5.74) is 1.01. The van der Waals surface area contributed by atoms with Gasteiger partial charge in [0.2, 0.25) is 0 Å². The second kappa shape index (κ2) is 8.84.